The van der Waals surface area contributed by atoms with Gasteiger partial charge in [0, 0.05) is 45.0 Å². The maximum Gasteiger partial charge on any atom is 0.272 e. The first kappa shape index (κ1) is 16.8. The van der Waals surface area contributed by atoms with Crippen molar-refractivity contribution in [2.45, 2.75) is 6.92 Å². The molecule has 2 heterocycles. The summed E-state index contributed by atoms with van der Waals surface area (Å²) in [6, 6.07) is 1.60. The largest absolute Gasteiger partial charge is 0.477 e. The Morgan fingerprint density at radius 2 is 2.05 bits per heavy atom. The predicted molar refractivity (Wildman–Crippen MR) is 81.8 cm³/mol. The summed E-state index contributed by atoms with van der Waals surface area (Å²) in [5.74, 6) is 0.456. The molecule has 0 spiro atoms. The zero-order chi connectivity index (χ0) is 16.2. The molecule has 1 fully saturated rings. The maximum absolute atomic E-state index is 12.3. The number of carbonyl (C=O) groups excluding carboxylic acids is 1. The summed E-state index contributed by atoms with van der Waals surface area (Å²) < 4.78 is 27.6. The Kier molecular flexibility index (Phi) is 5.41. The van der Waals surface area contributed by atoms with E-state index in [4.69, 9.17) is 4.74 Å². The molecule has 9 heteroatoms. The van der Waals surface area contributed by atoms with E-state index in [0.717, 1.165) is 0 Å². The van der Waals surface area contributed by atoms with Crippen molar-refractivity contribution in [3.63, 3.8) is 0 Å². The van der Waals surface area contributed by atoms with Crippen LogP contribution in [-0.4, -0.2) is 85.7 Å². The van der Waals surface area contributed by atoms with Crippen LogP contribution in [0.3, 0.4) is 0 Å². The molecule has 8 nitrogen and oxygen atoms in total. The van der Waals surface area contributed by atoms with Gasteiger partial charge < -0.3 is 9.64 Å². The fraction of sp³-hybridized carbons (Fsp3) is 0.692. The van der Waals surface area contributed by atoms with E-state index >= 15 is 0 Å². The molecule has 0 unspecified atom stereocenters. The summed E-state index contributed by atoms with van der Waals surface area (Å²) >= 11 is 0. The number of nitrogens with one attached hydrogen (secondary N) is 1. The van der Waals surface area contributed by atoms with Crippen molar-refractivity contribution >= 4 is 15.7 Å². The number of rotatable bonds is 6. The van der Waals surface area contributed by atoms with Crippen LogP contribution in [0.4, 0.5) is 0 Å². The average Bonchev–Trinajstić information content (AvgIpc) is 2.93. The van der Waals surface area contributed by atoms with E-state index in [-0.39, 0.29) is 11.7 Å². The summed E-state index contributed by atoms with van der Waals surface area (Å²) in [5, 5.41) is 6.61. The van der Waals surface area contributed by atoms with E-state index in [9.17, 15) is 13.2 Å². The van der Waals surface area contributed by atoms with Gasteiger partial charge in [-0.3, -0.25) is 14.8 Å². The SMILES string of the molecule is CCOc1cc(C(=O)N2CCN(CCS(C)(=O)=O)CC2)[nH]n1. The van der Waals surface area contributed by atoms with Crippen LogP contribution in [-0.2, 0) is 9.84 Å². The van der Waals surface area contributed by atoms with Gasteiger partial charge in [-0.05, 0) is 6.92 Å². The molecule has 0 aliphatic carbocycles. The molecule has 0 saturated carbocycles. The van der Waals surface area contributed by atoms with Gasteiger partial charge in [0.15, 0.2) is 0 Å². The van der Waals surface area contributed by atoms with Crippen molar-refractivity contribution < 1.29 is 17.9 Å². The van der Waals surface area contributed by atoms with Gasteiger partial charge in [0.05, 0.1) is 12.4 Å². The first-order chi connectivity index (χ1) is 10.4. The number of hydrogen-bond acceptors (Lipinski definition) is 6. The second-order valence-electron chi connectivity index (χ2n) is 5.32. The van der Waals surface area contributed by atoms with Crippen LogP contribution in [0.5, 0.6) is 5.88 Å². The van der Waals surface area contributed by atoms with E-state index in [2.05, 4.69) is 15.1 Å². The summed E-state index contributed by atoms with van der Waals surface area (Å²) in [5.41, 5.74) is 0.410. The molecule has 22 heavy (non-hydrogen) atoms. The number of aromatic nitrogens is 2. The highest BCUT2D eigenvalue weighted by molar-refractivity contribution is 7.90. The van der Waals surface area contributed by atoms with Crippen LogP contribution in [0.2, 0.25) is 0 Å². The molecule has 2 rings (SSSR count). The lowest BCUT2D eigenvalue weighted by atomic mass is 10.3. The summed E-state index contributed by atoms with van der Waals surface area (Å²) in [6.07, 6.45) is 1.24. The Hall–Kier alpha value is -1.61. The molecular weight excluding hydrogens is 308 g/mol. The molecule has 1 amide bonds. The van der Waals surface area contributed by atoms with E-state index in [0.29, 0.717) is 50.9 Å². The van der Waals surface area contributed by atoms with E-state index in [1.54, 1.807) is 11.0 Å². The van der Waals surface area contributed by atoms with Gasteiger partial charge in [-0.1, -0.05) is 0 Å². The van der Waals surface area contributed by atoms with Crippen molar-refractivity contribution in [1.29, 1.82) is 0 Å². The molecule has 1 aliphatic heterocycles. The van der Waals surface area contributed by atoms with Gasteiger partial charge in [-0.25, -0.2) is 8.42 Å². The van der Waals surface area contributed by atoms with Crippen LogP contribution < -0.4 is 4.74 Å². The third-order valence-electron chi connectivity index (χ3n) is 3.51. The van der Waals surface area contributed by atoms with Crippen LogP contribution in [0, 0.1) is 0 Å². The highest BCUT2D eigenvalue weighted by atomic mass is 32.2. The Bertz CT molecular complexity index is 605. The molecule has 1 aliphatic rings. The van der Waals surface area contributed by atoms with Gasteiger partial charge in [0.2, 0.25) is 5.88 Å². The second-order valence-corrected chi connectivity index (χ2v) is 7.58. The van der Waals surface area contributed by atoms with Crippen molar-refractivity contribution in [3.05, 3.63) is 11.8 Å². The molecular formula is C13H22N4O4S. The second kappa shape index (κ2) is 7.10. The zero-order valence-corrected chi connectivity index (χ0v) is 13.7. The quantitative estimate of drug-likeness (QED) is 0.763. The number of sulfone groups is 1. The lowest BCUT2D eigenvalue weighted by Gasteiger charge is -2.34. The van der Waals surface area contributed by atoms with E-state index in [1.807, 2.05) is 6.92 Å². The van der Waals surface area contributed by atoms with Crippen molar-refractivity contribution in [1.82, 2.24) is 20.0 Å². The Labute approximate surface area is 130 Å². The van der Waals surface area contributed by atoms with Gasteiger partial charge >= 0.3 is 0 Å². The molecule has 0 atom stereocenters. The normalized spacial score (nSPS) is 16.7. The fourth-order valence-corrected chi connectivity index (χ4v) is 2.86. The number of carbonyl (C=O) groups is 1. The van der Waals surface area contributed by atoms with Crippen LogP contribution in [0.25, 0.3) is 0 Å². The Morgan fingerprint density at radius 3 is 2.64 bits per heavy atom. The smallest absolute Gasteiger partial charge is 0.272 e. The van der Waals surface area contributed by atoms with Gasteiger partial charge in [-0.15, -0.1) is 5.10 Å². The molecule has 1 aromatic rings. The summed E-state index contributed by atoms with van der Waals surface area (Å²) in [6.45, 7) is 5.36. The van der Waals surface area contributed by atoms with E-state index < -0.39 is 9.84 Å². The number of nitrogens with zero attached hydrogens (tertiary/aromatic N) is 3. The topological polar surface area (TPSA) is 95.6 Å². The first-order valence-corrected chi connectivity index (χ1v) is 9.32. The zero-order valence-electron chi connectivity index (χ0n) is 12.9. The molecule has 0 radical (unpaired) electrons. The lowest BCUT2D eigenvalue weighted by molar-refractivity contribution is 0.0638. The number of hydrogen-bond donors (Lipinski definition) is 1. The van der Waals surface area contributed by atoms with Crippen LogP contribution in [0.15, 0.2) is 6.07 Å². The monoisotopic (exact) mass is 330 g/mol. The standard InChI is InChI=1S/C13H22N4O4S/c1-3-21-12-10-11(14-15-12)13(18)17-6-4-16(5-7-17)8-9-22(2,19)20/h10H,3-9H2,1-2H3,(H,14,15). The number of amides is 1. The molecule has 1 saturated heterocycles. The number of piperazine rings is 1. The van der Waals surface area contributed by atoms with Gasteiger partial charge in [0.1, 0.15) is 15.5 Å². The molecule has 0 bridgehead atoms. The van der Waals surface area contributed by atoms with Crippen molar-refractivity contribution in [3.8, 4) is 5.88 Å². The van der Waals surface area contributed by atoms with Gasteiger partial charge in [-0.2, -0.15) is 0 Å². The van der Waals surface area contributed by atoms with Crippen molar-refractivity contribution in [2.24, 2.45) is 0 Å². The lowest BCUT2D eigenvalue weighted by Crippen LogP contribution is -2.49. The highest BCUT2D eigenvalue weighted by Crippen LogP contribution is 2.12. The van der Waals surface area contributed by atoms with Crippen LogP contribution >= 0.6 is 0 Å². The van der Waals surface area contributed by atoms with Gasteiger partial charge in [0.25, 0.3) is 5.91 Å². The number of aromatic amines is 1. The number of ether oxygens (including phenoxy) is 1. The minimum atomic E-state index is -2.95. The fourth-order valence-electron chi connectivity index (χ4n) is 2.27. The average molecular weight is 330 g/mol. The first-order valence-electron chi connectivity index (χ1n) is 7.26. The molecule has 1 aromatic heterocycles. The highest BCUT2D eigenvalue weighted by Gasteiger charge is 2.24. The summed E-state index contributed by atoms with van der Waals surface area (Å²) in [7, 11) is -2.95. The van der Waals surface area contributed by atoms with Crippen molar-refractivity contribution in [2.75, 3.05) is 51.3 Å². The molecule has 124 valence electrons. The third-order valence-corrected chi connectivity index (χ3v) is 4.44. The van der Waals surface area contributed by atoms with Crippen LogP contribution in [0.1, 0.15) is 17.4 Å². The minimum Gasteiger partial charge on any atom is -0.477 e. The predicted octanol–water partition coefficient (Wildman–Crippen LogP) is -0.389. The minimum absolute atomic E-state index is 0.110. The van der Waals surface area contributed by atoms with E-state index in [1.165, 1.54) is 6.26 Å². The summed E-state index contributed by atoms with van der Waals surface area (Å²) in [4.78, 5) is 16.1. The molecule has 1 N–H and O–H groups in total. The Morgan fingerprint density at radius 1 is 1.36 bits per heavy atom. The third kappa shape index (κ3) is 4.70. The molecule has 0 aromatic carbocycles. The number of H-pyrrole nitrogens is 1. The Balaban J connectivity index is 1.84. The maximum atomic E-state index is 12.3.